The van der Waals surface area contributed by atoms with Crippen LogP contribution >= 0.6 is 0 Å². The van der Waals surface area contributed by atoms with Gasteiger partial charge in [-0.1, -0.05) is 25.0 Å². The first-order chi connectivity index (χ1) is 9.38. The summed E-state index contributed by atoms with van der Waals surface area (Å²) in [5, 5.41) is 1.23. The van der Waals surface area contributed by atoms with Crippen LogP contribution in [0.4, 0.5) is 0 Å². The van der Waals surface area contributed by atoms with Gasteiger partial charge < -0.3 is 10.2 Å². The average Bonchev–Trinajstić information content (AvgIpc) is 2.68. The SMILES string of the molecule is NCc1cccc2occ(CN3CCCCCC3)c12. The Balaban J connectivity index is 1.87. The van der Waals surface area contributed by atoms with E-state index in [9.17, 15) is 0 Å². The molecule has 0 saturated carbocycles. The summed E-state index contributed by atoms with van der Waals surface area (Å²) < 4.78 is 5.68. The van der Waals surface area contributed by atoms with Gasteiger partial charge in [0.05, 0.1) is 6.26 Å². The van der Waals surface area contributed by atoms with Crippen molar-refractivity contribution in [3.05, 3.63) is 35.6 Å². The van der Waals surface area contributed by atoms with Gasteiger partial charge >= 0.3 is 0 Å². The Morgan fingerprint density at radius 2 is 1.84 bits per heavy atom. The molecule has 0 aliphatic carbocycles. The van der Waals surface area contributed by atoms with Crippen LogP contribution in [0.15, 0.2) is 28.9 Å². The molecule has 102 valence electrons. The molecule has 0 unspecified atom stereocenters. The van der Waals surface area contributed by atoms with Gasteiger partial charge in [-0.25, -0.2) is 0 Å². The van der Waals surface area contributed by atoms with Crippen LogP contribution in [-0.4, -0.2) is 18.0 Å². The third-order valence-electron chi connectivity index (χ3n) is 4.07. The Labute approximate surface area is 114 Å². The van der Waals surface area contributed by atoms with Crippen LogP contribution < -0.4 is 5.73 Å². The first-order valence-electron chi connectivity index (χ1n) is 7.29. The van der Waals surface area contributed by atoms with Crippen LogP contribution in [0.3, 0.4) is 0 Å². The fourth-order valence-electron chi connectivity index (χ4n) is 3.05. The lowest BCUT2D eigenvalue weighted by atomic mass is 10.1. The normalized spacial score (nSPS) is 17.7. The molecule has 1 saturated heterocycles. The first kappa shape index (κ1) is 12.7. The van der Waals surface area contributed by atoms with Crippen LogP contribution in [0.1, 0.15) is 36.8 Å². The van der Waals surface area contributed by atoms with Gasteiger partial charge in [0.15, 0.2) is 0 Å². The summed E-state index contributed by atoms with van der Waals surface area (Å²) in [4.78, 5) is 2.55. The standard InChI is InChI=1S/C16H22N2O/c17-10-13-6-5-7-15-16(13)14(12-19-15)11-18-8-3-1-2-4-9-18/h5-7,12H,1-4,8-11,17H2. The highest BCUT2D eigenvalue weighted by molar-refractivity contribution is 5.84. The number of nitrogens with zero attached hydrogens (tertiary/aromatic N) is 1. The Kier molecular flexibility index (Phi) is 3.85. The molecule has 3 rings (SSSR count). The van der Waals surface area contributed by atoms with Gasteiger partial charge in [0.2, 0.25) is 0 Å². The highest BCUT2D eigenvalue weighted by Crippen LogP contribution is 2.26. The summed E-state index contributed by atoms with van der Waals surface area (Å²) in [6.07, 6.45) is 7.29. The number of hydrogen-bond donors (Lipinski definition) is 1. The van der Waals surface area contributed by atoms with E-state index >= 15 is 0 Å². The molecular formula is C16H22N2O. The van der Waals surface area contributed by atoms with Crippen molar-refractivity contribution in [2.24, 2.45) is 5.73 Å². The number of hydrogen-bond acceptors (Lipinski definition) is 3. The molecular weight excluding hydrogens is 236 g/mol. The van der Waals surface area contributed by atoms with Crippen LogP contribution in [0, 0.1) is 0 Å². The van der Waals surface area contributed by atoms with Gasteiger partial charge in [0.25, 0.3) is 0 Å². The molecule has 0 bridgehead atoms. The van der Waals surface area contributed by atoms with Gasteiger partial charge in [-0.15, -0.1) is 0 Å². The zero-order valence-electron chi connectivity index (χ0n) is 11.4. The summed E-state index contributed by atoms with van der Waals surface area (Å²) in [6.45, 7) is 3.98. The van der Waals surface area contributed by atoms with Crippen molar-refractivity contribution in [3.63, 3.8) is 0 Å². The Morgan fingerprint density at radius 3 is 2.58 bits per heavy atom. The molecule has 2 heterocycles. The van der Waals surface area contributed by atoms with Gasteiger partial charge in [-0.05, 0) is 37.6 Å². The maximum Gasteiger partial charge on any atom is 0.134 e. The number of rotatable bonds is 3. The third kappa shape index (κ3) is 2.67. The van der Waals surface area contributed by atoms with Crippen molar-refractivity contribution in [1.29, 1.82) is 0 Å². The Bertz CT molecular complexity index is 539. The van der Waals surface area contributed by atoms with E-state index in [0.29, 0.717) is 6.54 Å². The van der Waals surface area contributed by atoms with E-state index in [1.54, 1.807) is 0 Å². The predicted octanol–water partition coefficient (Wildman–Crippen LogP) is 3.27. The van der Waals surface area contributed by atoms with E-state index in [2.05, 4.69) is 11.0 Å². The number of fused-ring (bicyclic) bond motifs is 1. The molecule has 3 heteroatoms. The number of likely N-dealkylation sites (tertiary alicyclic amines) is 1. The third-order valence-corrected chi connectivity index (χ3v) is 4.07. The number of furan rings is 1. The second-order valence-electron chi connectivity index (χ2n) is 5.45. The zero-order valence-corrected chi connectivity index (χ0v) is 11.4. The quantitative estimate of drug-likeness (QED) is 0.918. The number of nitrogens with two attached hydrogens (primary N) is 1. The molecule has 19 heavy (non-hydrogen) atoms. The molecule has 0 atom stereocenters. The van der Waals surface area contributed by atoms with Gasteiger partial charge in [0.1, 0.15) is 5.58 Å². The van der Waals surface area contributed by atoms with E-state index in [1.807, 2.05) is 18.4 Å². The molecule has 1 aromatic carbocycles. The fourth-order valence-corrected chi connectivity index (χ4v) is 3.05. The average molecular weight is 258 g/mol. The predicted molar refractivity (Wildman–Crippen MR) is 77.9 cm³/mol. The van der Waals surface area contributed by atoms with Crippen molar-refractivity contribution < 1.29 is 4.42 Å². The zero-order chi connectivity index (χ0) is 13.1. The second kappa shape index (κ2) is 5.76. The van der Waals surface area contributed by atoms with Crippen molar-refractivity contribution >= 4 is 11.0 Å². The fraction of sp³-hybridized carbons (Fsp3) is 0.500. The molecule has 1 aliphatic rings. The molecule has 1 aliphatic heterocycles. The first-order valence-corrected chi connectivity index (χ1v) is 7.29. The largest absolute Gasteiger partial charge is 0.464 e. The van der Waals surface area contributed by atoms with Crippen molar-refractivity contribution in [3.8, 4) is 0 Å². The molecule has 0 radical (unpaired) electrons. The summed E-state index contributed by atoms with van der Waals surface area (Å²) in [6, 6.07) is 6.15. The van der Waals surface area contributed by atoms with E-state index in [1.165, 1.54) is 55.3 Å². The minimum atomic E-state index is 0.573. The molecule has 0 amide bonds. The van der Waals surface area contributed by atoms with Crippen LogP contribution in [0.25, 0.3) is 11.0 Å². The maximum atomic E-state index is 5.85. The van der Waals surface area contributed by atoms with Crippen molar-refractivity contribution in [1.82, 2.24) is 4.90 Å². The minimum Gasteiger partial charge on any atom is -0.464 e. The monoisotopic (exact) mass is 258 g/mol. The van der Waals surface area contributed by atoms with Crippen molar-refractivity contribution in [2.45, 2.75) is 38.8 Å². The highest BCUT2D eigenvalue weighted by Gasteiger charge is 2.14. The molecule has 1 aromatic heterocycles. The van der Waals surface area contributed by atoms with E-state index < -0.39 is 0 Å². The van der Waals surface area contributed by atoms with Gasteiger partial charge in [0, 0.05) is 24.0 Å². The molecule has 3 nitrogen and oxygen atoms in total. The summed E-state index contributed by atoms with van der Waals surface area (Å²) in [5.74, 6) is 0. The lowest BCUT2D eigenvalue weighted by Gasteiger charge is -2.19. The van der Waals surface area contributed by atoms with Crippen LogP contribution in [0.2, 0.25) is 0 Å². The highest BCUT2D eigenvalue weighted by atomic mass is 16.3. The summed E-state index contributed by atoms with van der Waals surface area (Å²) in [5.41, 5.74) is 9.29. The summed E-state index contributed by atoms with van der Waals surface area (Å²) >= 11 is 0. The molecule has 2 N–H and O–H groups in total. The van der Waals surface area contributed by atoms with E-state index in [-0.39, 0.29) is 0 Å². The molecule has 2 aromatic rings. The van der Waals surface area contributed by atoms with Gasteiger partial charge in [-0.3, -0.25) is 4.90 Å². The molecule has 0 spiro atoms. The van der Waals surface area contributed by atoms with Crippen molar-refractivity contribution in [2.75, 3.05) is 13.1 Å². The Morgan fingerprint density at radius 1 is 1.05 bits per heavy atom. The molecule has 1 fully saturated rings. The van der Waals surface area contributed by atoms with Crippen LogP contribution in [-0.2, 0) is 13.1 Å². The topological polar surface area (TPSA) is 42.4 Å². The smallest absolute Gasteiger partial charge is 0.134 e. The lowest BCUT2D eigenvalue weighted by Crippen LogP contribution is -2.23. The van der Waals surface area contributed by atoms with E-state index in [4.69, 9.17) is 10.2 Å². The number of benzene rings is 1. The summed E-state index contributed by atoms with van der Waals surface area (Å²) in [7, 11) is 0. The van der Waals surface area contributed by atoms with Gasteiger partial charge in [-0.2, -0.15) is 0 Å². The van der Waals surface area contributed by atoms with E-state index in [0.717, 1.165) is 12.1 Å². The lowest BCUT2D eigenvalue weighted by molar-refractivity contribution is 0.277. The Hall–Kier alpha value is -1.32. The minimum absolute atomic E-state index is 0.573. The van der Waals surface area contributed by atoms with Crippen LogP contribution in [0.5, 0.6) is 0 Å². The second-order valence-corrected chi connectivity index (χ2v) is 5.45. The maximum absolute atomic E-state index is 5.85.